The Kier molecular flexibility index (Phi) is 4.26. The van der Waals surface area contributed by atoms with E-state index in [1.165, 1.54) is 0 Å². The lowest BCUT2D eigenvalue weighted by atomic mass is 10.1. The molecular weight excluding hydrogens is 164 g/mol. The zero-order chi connectivity index (χ0) is 10.5. The van der Waals surface area contributed by atoms with Crippen molar-refractivity contribution in [2.45, 2.75) is 46.2 Å². The first kappa shape index (κ1) is 11.8. The second kappa shape index (κ2) is 4.70. The van der Waals surface area contributed by atoms with Crippen LogP contribution in [0.4, 0.5) is 0 Å². The molecule has 74 valence electrons. The number of hydrogen-bond donors (Lipinski definition) is 2. The Balaban J connectivity index is 4.31. The normalized spacial score (nSPS) is 12.5. The molecule has 0 aromatic heterocycles. The van der Waals surface area contributed by atoms with E-state index in [1.54, 1.807) is 6.19 Å². The van der Waals surface area contributed by atoms with Gasteiger partial charge in [0.25, 0.3) is 0 Å². The average Bonchev–Trinajstić information content (AvgIpc) is 1.81. The van der Waals surface area contributed by atoms with Crippen LogP contribution in [0.2, 0.25) is 0 Å². The van der Waals surface area contributed by atoms with Gasteiger partial charge in [0, 0.05) is 11.6 Å². The predicted molar refractivity (Wildman–Crippen MR) is 54.2 cm³/mol. The van der Waals surface area contributed by atoms with Crippen molar-refractivity contribution in [3.8, 4) is 6.19 Å². The molecule has 0 saturated heterocycles. The van der Waals surface area contributed by atoms with Gasteiger partial charge in [0.2, 0.25) is 12.2 Å². The van der Waals surface area contributed by atoms with Crippen LogP contribution >= 0.6 is 0 Å². The van der Waals surface area contributed by atoms with Gasteiger partial charge in [0.05, 0.1) is 0 Å². The second-order valence-electron chi connectivity index (χ2n) is 4.23. The van der Waals surface area contributed by atoms with Gasteiger partial charge in [-0.1, -0.05) is 0 Å². The van der Waals surface area contributed by atoms with E-state index in [-0.39, 0.29) is 11.6 Å². The molecule has 0 aliphatic carbocycles. The van der Waals surface area contributed by atoms with Crippen molar-refractivity contribution in [1.82, 2.24) is 10.6 Å². The summed E-state index contributed by atoms with van der Waals surface area (Å²) in [7, 11) is 0. The van der Waals surface area contributed by atoms with Crippen molar-refractivity contribution in [2.75, 3.05) is 0 Å². The monoisotopic (exact) mass is 182 g/mol. The fourth-order valence-electron chi connectivity index (χ4n) is 0.775. The van der Waals surface area contributed by atoms with Gasteiger partial charge < -0.3 is 10.6 Å². The number of rotatable bonds is 1. The quantitative estimate of drug-likeness (QED) is 0.364. The maximum Gasteiger partial charge on any atom is 0.209 e. The molecule has 0 rings (SSSR count). The first-order chi connectivity index (χ1) is 5.85. The molecule has 13 heavy (non-hydrogen) atoms. The third-order valence-electron chi connectivity index (χ3n) is 1.08. The molecule has 0 aliphatic heterocycles. The fourth-order valence-corrected chi connectivity index (χ4v) is 0.775. The van der Waals surface area contributed by atoms with Crippen LogP contribution in [0.1, 0.15) is 34.6 Å². The van der Waals surface area contributed by atoms with E-state index < -0.39 is 0 Å². The molecule has 0 aliphatic rings. The summed E-state index contributed by atoms with van der Waals surface area (Å²) in [4.78, 5) is 3.65. The molecule has 0 unspecified atom stereocenters. The molecule has 0 spiro atoms. The number of nitriles is 1. The molecule has 4 heteroatoms. The molecule has 0 heterocycles. The van der Waals surface area contributed by atoms with Crippen molar-refractivity contribution in [1.29, 1.82) is 5.26 Å². The third-order valence-corrected chi connectivity index (χ3v) is 1.08. The first-order valence-electron chi connectivity index (χ1n) is 4.36. The summed E-state index contributed by atoms with van der Waals surface area (Å²) >= 11 is 0. The molecule has 0 atom stereocenters. The molecule has 4 nitrogen and oxygen atoms in total. The van der Waals surface area contributed by atoms with E-state index in [9.17, 15) is 0 Å². The Hall–Kier alpha value is -1.24. The van der Waals surface area contributed by atoms with Crippen LogP contribution in [0.25, 0.3) is 0 Å². The van der Waals surface area contributed by atoms with Crippen molar-refractivity contribution in [3.63, 3.8) is 0 Å². The number of hydrogen-bond acceptors (Lipinski definition) is 2. The highest BCUT2D eigenvalue weighted by molar-refractivity contribution is 5.81. The molecule has 0 amide bonds. The summed E-state index contributed by atoms with van der Waals surface area (Å²) < 4.78 is 0. The lowest BCUT2D eigenvalue weighted by molar-refractivity contribution is 0.497. The maximum atomic E-state index is 8.43. The van der Waals surface area contributed by atoms with Gasteiger partial charge in [0.15, 0.2) is 0 Å². The predicted octanol–water partition coefficient (Wildman–Crippen LogP) is 1.21. The first-order valence-corrected chi connectivity index (χ1v) is 4.36. The summed E-state index contributed by atoms with van der Waals surface area (Å²) in [5.74, 6) is 0.532. The fraction of sp³-hybridized carbons (Fsp3) is 0.778. The van der Waals surface area contributed by atoms with Gasteiger partial charge in [-0.2, -0.15) is 5.26 Å². The average molecular weight is 182 g/mol. The minimum atomic E-state index is -0.0857. The molecule has 0 radical (unpaired) electrons. The van der Waals surface area contributed by atoms with E-state index in [0.29, 0.717) is 5.96 Å². The van der Waals surface area contributed by atoms with Gasteiger partial charge in [0.1, 0.15) is 0 Å². The van der Waals surface area contributed by atoms with Gasteiger partial charge in [-0.3, -0.25) is 0 Å². The van der Waals surface area contributed by atoms with Gasteiger partial charge in [-0.05, 0) is 34.6 Å². The van der Waals surface area contributed by atoms with Crippen LogP contribution in [-0.4, -0.2) is 17.5 Å². The molecule has 0 aromatic carbocycles. The molecule has 0 fully saturated rings. The summed E-state index contributed by atoms with van der Waals surface area (Å²) in [6.45, 7) is 10.0. The van der Waals surface area contributed by atoms with Crippen molar-refractivity contribution in [3.05, 3.63) is 0 Å². The lowest BCUT2D eigenvalue weighted by Crippen LogP contribution is -2.49. The highest BCUT2D eigenvalue weighted by Gasteiger charge is 2.12. The lowest BCUT2D eigenvalue weighted by Gasteiger charge is -2.24. The van der Waals surface area contributed by atoms with E-state index in [1.807, 2.05) is 34.6 Å². The zero-order valence-corrected chi connectivity index (χ0v) is 8.97. The number of guanidine groups is 1. The molecule has 0 aromatic rings. The Morgan fingerprint density at radius 3 is 2.23 bits per heavy atom. The van der Waals surface area contributed by atoms with Crippen LogP contribution in [0.15, 0.2) is 4.99 Å². The van der Waals surface area contributed by atoms with E-state index in [0.717, 1.165) is 0 Å². The number of aliphatic imine (C=N–C) groups is 1. The smallest absolute Gasteiger partial charge is 0.209 e. The summed E-state index contributed by atoms with van der Waals surface area (Å²) in [5, 5.41) is 14.6. The van der Waals surface area contributed by atoms with E-state index in [2.05, 4.69) is 15.6 Å². The standard InChI is InChI=1S/C9H18N4/c1-7(2)12-8(11-6-10)13-9(3,4)5/h7H,1-5H3,(H2,11,12,13). The van der Waals surface area contributed by atoms with Crippen LogP contribution in [0, 0.1) is 11.5 Å². The summed E-state index contributed by atoms with van der Waals surface area (Å²) in [6.07, 6.45) is 1.76. The van der Waals surface area contributed by atoms with E-state index >= 15 is 0 Å². The largest absolute Gasteiger partial charge is 0.353 e. The zero-order valence-electron chi connectivity index (χ0n) is 8.97. The maximum absolute atomic E-state index is 8.43. The van der Waals surface area contributed by atoms with Crippen LogP contribution in [0.3, 0.4) is 0 Å². The molecule has 0 bridgehead atoms. The van der Waals surface area contributed by atoms with Crippen LogP contribution in [0.5, 0.6) is 0 Å². The van der Waals surface area contributed by atoms with Gasteiger partial charge >= 0.3 is 0 Å². The van der Waals surface area contributed by atoms with E-state index in [4.69, 9.17) is 5.26 Å². The van der Waals surface area contributed by atoms with Gasteiger partial charge in [-0.25, -0.2) is 0 Å². The minimum absolute atomic E-state index is 0.0857. The Labute approximate surface area is 80.0 Å². The third kappa shape index (κ3) is 7.13. The Morgan fingerprint density at radius 2 is 1.92 bits per heavy atom. The van der Waals surface area contributed by atoms with Crippen LogP contribution < -0.4 is 10.6 Å². The van der Waals surface area contributed by atoms with Crippen molar-refractivity contribution < 1.29 is 0 Å². The van der Waals surface area contributed by atoms with Crippen molar-refractivity contribution in [2.24, 2.45) is 4.99 Å². The number of nitrogens with one attached hydrogen (secondary N) is 2. The van der Waals surface area contributed by atoms with Gasteiger partial charge in [-0.15, -0.1) is 4.99 Å². The molecule has 0 saturated carbocycles. The molecule has 2 N–H and O–H groups in total. The SMILES string of the molecule is CC(C)N/C(=N/C#N)NC(C)(C)C. The summed E-state index contributed by atoms with van der Waals surface area (Å²) in [5.41, 5.74) is -0.0857. The van der Waals surface area contributed by atoms with Crippen molar-refractivity contribution >= 4 is 5.96 Å². The summed E-state index contributed by atoms with van der Waals surface area (Å²) in [6, 6.07) is 0.266. The second-order valence-corrected chi connectivity index (χ2v) is 4.23. The molecular formula is C9H18N4. The van der Waals surface area contributed by atoms with Crippen LogP contribution in [-0.2, 0) is 0 Å². The topological polar surface area (TPSA) is 60.2 Å². The highest BCUT2D eigenvalue weighted by atomic mass is 15.2. The Morgan fingerprint density at radius 1 is 1.38 bits per heavy atom. The highest BCUT2D eigenvalue weighted by Crippen LogP contribution is 1.97. The minimum Gasteiger partial charge on any atom is -0.353 e. The number of nitrogens with zero attached hydrogens (tertiary/aromatic N) is 2. The Bertz CT molecular complexity index is 217.